The van der Waals surface area contributed by atoms with Crippen LogP contribution in [0.25, 0.3) is 88.1 Å². The van der Waals surface area contributed by atoms with Crippen molar-refractivity contribution in [3.05, 3.63) is 182 Å². The van der Waals surface area contributed by atoms with Crippen LogP contribution in [-0.2, 0) is 0 Å². The summed E-state index contributed by atoms with van der Waals surface area (Å²) in [7, 11) is 0. The normalized spacial score (nSPS) is 11.3. The first-order chi connectivity index (χ1) is 23.8. The molecule has 0 fully saturated rings. The van der Waals surface area contributed by atoms with E-state index in [1.54, 1.807) is 0 Å². The molecule has 0 aliphatic heterocycles. The summed E-state index contributed by atoms with van der Waals surface area (Å²) < 4.78 is 0. The minimum Gasteiger partial charge on any atom is -0.264 e. The van der Waals surface area contributed by atoms with E-state index < -0.39 is 0 Å². The molecule has 0 saturated heterocycles. The van der Waals surface area contributed by atoms with Crippen LogP contribution in [0.2, 0.25) is 0 Å². The van der Waals surface area contributed by atoms with Gasteiger partial charge in [-0.05, 0) is 114 Å². The molecule has 0 saturated carbocycles. The Morgan fingerprint density at radius 1 is 0.292 bits per heavy atom. The molecule has 2 heterocycles. The number of hydrogen-bond donors (Lipinski definition) is 0. The van der Waals surface area contributed by atoms with E-state index in [1.807, 2.05) is 36.8 Å². The van der Waals surface area contributed by atoms with Gasteiger partial charge in [-0.25, -0.2) is 0 Å². The maximum Gasteiger partial charge on any atom is 0.0702 e. The second-order valence-electron chi connectivity index (χ2n) is 12.2. The van der Waals surface area contributed by atoms with Gasteiger partial charge >= 0.3 is 0 Å². The lowest BCUT2D eigenvalue weighted by Gasteiger charge is -2.15. The summed E-state index contributed by atoms with van der Waals surface area (Å²) in [6.45, 7) is 0. The summed E-state index contributed by atoms with van der Waals surface area (Å²) in [6, 6.07) is 58.9. The van der Waals surface area contributed by atoms with Crippen LogP contribution in [-0.4, -0.2) is 9.97 Å². The highest BCUT2D eigenvalue weighted by molar-refractivity contribution is 6.25. The van der Waals surface area contributed by atoms with E-state index in [0.717, 1.165) is 27.9 Å². The second-order valence-corrected chi connectivity index (χ2v) is 12.2. The first-order valence-electron chi connectivity index (χ1n) is 16.3. The van der Waals surface area contributed by atoms with Gasteiger partial charge in [0.2, 0.25) is 0 Å². The van der Waals surface area contributed by atoms with E-state index in [9.17, 15) is 0 Å². The van der Waals surface area contributed by atoms with Gasteiger partial charge in [0.15, 0.2) is 0 Å². The second kappa shape index (κ2) is 11.8. The standard InChI is InChI=1S/C46H30N2/c1-2-12-39(36-26-35(34-10-9-24-47-30-34)27-37(28-36)46-17-7-8-25-48-46)38(11-1)32-20-18-31(19-21-32)33-22-23-44-42-15-4-3-13-40(42)41-14-5-6-16-43(41)45(44)29-33/h1-30H. The Balaban J connectivity index is 1.14. The molecule has 0 unspecified atom stereocenters. The predicted molar refractivity (Wildman–Crippen MR) is 202 cm³/mol. The fraction of sp³-hybridized carbons (Fsp3) is 0. The Labute approximate surface area is 279 Å². The molecule has 2 aromatic heterocycles. The summed E-state index contributed by atoms with van der Waals surface area (Å²) >= 11 is 0. The third kappa shape index (κ3) is 4.92. The minimum absolute atomic E-state index is 0.947. The SMILES string of the molecule is c1ccc(-c2cc(-c3cccnc3)cc(-c3ccccc3-c3ccc(-c4ccc5c6ccccc6c6ccccc6c5c4)cc3)c2)nc1. The molecule has 9 aromatic rings. The first kappa shape index (κ1) is 27.9. The van der Waals surface area contributed by atoms with Crippen molar-refractivity contribution < 1.29 is 0 Å². The topological polar surface area (TPSA) is 25.8 Å². The number of pyridine rings is 2. The molecule has 7 aromatic carbocycles. The van der Waals surface area contributed by atoms with Gasteiger partial charge in [-0.15, -0.1) is 0 Å². The summed E-state index contributed by atoms with van der Waals surface area (Å²) in [5.74, 6) is 0. The molecule has 0 spiro atoms. The van der Waals surface area contributed by atoms with Crippen molar-refractivity contribution in [2.45, 2.75) is 0 Å². The van der Waals surface area contributed by atoms with E-state index in [-0.39, 0.29) is 0 Å². The number of nitrogens with zero attached hydrogens (tertiary/aromatic N) is 2. The maximum atomic E-state index is 4.67. The lowest BCUT2D eigenvalue weighted by atomic mass is 9.89. The van der Waals surface area contributed by atoms with Crippen molar-refractivity contribution in [3.63, 3.8) is 0 Å². The lowest BCUT2D eigenvalue weighted by molar-refractivity contribution is 1.32. The Hall–Kier alpha value is -6.38. The molecule has 0 N–H and O–H groups in total. The summed E-state index contributed by atoms with van der Waals surface area (Å²) in [5, 5.41) is 7.75. The monoisotopic (exact) mass is 610 g/mol. The van der Waals surface area contributed by atoms with Crippen molar-refractivity contribution in [1.82, 2.24) is 9.97 Å². The molecule has 224 valence electrons. The minimum atomic E-state index is 0.947. The molecule has 9 rings (SSSR count). The van der Waals surface area contributed by atoms with Crippen molar-refractivity contribution >= 4 is 32.3 Å². The summed E-state index contributed by atoms with van der Waals surface area (Å²) in [5.41, 5.74) is 11.3. The highest BCUT2D eigenvalue weighted by atomic mass is 14.7. The van der Waals surface area contributed by atoms with Gasteiger partial charge in [0.25, 0.3) is 0 Å². The van der Waals surface area contributed by atoms with Crippen LogP contribution in [0.3, 0.4) is 0 Å². The van der Waals surface area contributed by atoms with Gasteiger partial charge in [0.1, 0.15) is 0 Å². The Morgan fingerprint density at radius 2 is 0.854 bits per heavy atom. The van der Waals surface area contributed by atoms with Gasteiger partial charge in [-0.1, -0.05) is 121 Å². The van der Waals surface area contributed by atoms with Gasteiger partial charge in [-0.3, -0.25) is 9.97 Å². The van der Waals surface area contributed by atoms with Gasteiger partial charge in [0.05, 0.1) is 5.69 Å². The molecule has 48 heavy (non-hydrogen) atoms. The molecule has 2 nitrogen and oxygen atoms in total. The molecule has 0 aliphatic carbocycles. The predicted octanol–water partition coefficient (Wildman–Crippen LogP) is 12.3. The van der Waals surface area contributed by atoms with E-state index in [4.69, 9.17) is 0 Å². The van der Waals surface area contributed by atoms with Gasteiger partial charge in [-0.2, -0.15) is 0 Å². The first-order valence-corrected chi connectivity index (χ1v) is 16.3. The summed E-state index contributed by atoms with van der Waals surface area (Å²) in [6.07, 6.45) is 5.58. The number of hydrogen-bond acceptors (Lipinski definition) is 2. The van der Waals surface area contributed by atoms with Crippen molar-refractivity contribution in [1.29, 1.82) is 0 Å². The Kier molecular flexibility index (Phi) is 6.84. The van der Waals surface area contributed by atoms with E-state index in [1.165, 1.54) is 60.1 Å². The van der Waals surface area contributed by atoms with E-state index in [2.05, 4.69) is 156 Å². The third-order valence-corrected chi connectivity index (χ3v) is 9.40. The van der Waals surface area contributed by atoms with Gasteiger partial charge < -0.3 is 0 Å². The van der Waals surface area contributed by atoms with Crippen molar-refractivity contribution in [2.24, 2.45) is 0 Å². The summed E-state index contributed by atoms with van der Waals surface area (Å²) in [4.78, 5) is 9.07. The highest BCUT2D eigenvalue weighted by Gasteiger charge is 2.13. The Bertz CT molecular complexity index is 2500. The van der Waals surface area contributed by atoms with E-state index >= 15 is 0 Å². The maximum absolute atomic E-state index is 4.67. The molecular formula is C46H30N2. The van der Waals surface area contributed by atoms with Crippen LogP contribution < -0.4 is 0 Å². The van der Waals surface area contributed by atoms with Crippen LogP contribution >= 0.6 is 0 Å². The molecule has 0 radical (unpaired) electrons. The third-order valence-electron chi connectivity index (χ3n) is 9.40. The van der Waals surface area contributed by atoms with E-state index in [0.29, 0.717) is 0 Å². The largest absolute Gasteiger partial charge is 0.264 e. The smallest absolute Gasteiger partial charge is 0.0702 e. The molecule has 0 aliphatic rings. The Morgan fingerprint density at radius 3 is 1.52 bits per heavy atom. The zero-order chi connectivity index (χ0) is 31.9. The number of fused-ring (bicyclic) bond motifs is 6. The van der Waals surface area contributed by atoms with Crippen LogP contribution in [0.1, 0.15) is 0 Å². The fourth-order valence-corrected chi connectivity index (χ4v) is 7.08. The zero-order valence-corrected chi connectivity index (χ0v) is 26.2. The average Bonchev–Trinajstić information content (AvgIpc) is 3.18. The van der Waals surface area contributed by atoms with Crippen LogP contribution in [0, 0.1) is 0 Å². The van der Waals surface area contributed by atoms with Crippen LogP contribution in [0.4, 0.5) is 0 Å². The van der Waals surface area contributed by atoms with Crippen LogP contribution in [0.5, 0.6) is 0 Å². The highest BCUT2D eigenvalue weighted by Crippen LogP contribution is 2.39. The quantitative estimate of drug-likeness (QED) is 0.181. The van der Waals surface area contributed by atoms with Crippen molar-refractivity contribution in [2.75, 3.05) is 0 Å². The number of rotatable bonds is 5. The molecule has 0 amide bonds. The fourth-order valence-electron chi connectivity index (χ4n) is 7.08. The van der Waals surface area contributed by atoms with Gasteiger partial charge in [0, 0.05) is 29.7 Å². The molecule has 2 heteroatoms. The van der Waals surface area contributed by atoms with Crippen molar-refractivity contribution in [3.8, 4) is 55.8 Å². The zero-order valence-electron chi connectivity index (χ0n) is 26.2. The number of aromatic nitrogens is 2. The molecule has 0 atom stereocenters. The average molecular weight is 611 g/mol. The number of benzene rings is 7. The lowest BCUT2D eigenvalue weighted by Crippen LogP contribution is -1.90. The molecule has 0 bridgehead atoms. The van der Waals surface area contributed by atoms with Crippen LogP contribution in [0.15, 0.2) is 182 Å². The molecular weight excluding hydrogens is 581 g/mol.